The molecular weight excluding hydrogens is 304 g/mol. The van der Waals surface area contributed by atoms with Gasteiger partial charge in [-0.15, -0.1) is 11.3 Å². The molecule has 1 aromatic heterocycles. The molecule has 2 aromatic rings. The summed E-state index contributed by atoms with van der Waals surface area (Å²) < 4.78 is 0.619. The van der Waals surface area contributed by atoms with E-state index < -0.39 is 0 Å². The molecule has 5 heteroatoms. The van der Waals surface area contributed by atoms with Gasteiger partial charge in [-0.1, -0.05) is 11.6 Å². The Balaban J connectivity index is 2.16. The van der Waals surface area contributed by atoms with Gasteiger partial charge in [-0.2, -0.15) is 0 Å². The highest BCUT2D eigenvalue weighted by atomic mass is 35.5. The van der Waals surface area contributed by atoms with Crippen molar-refractivity contribution in [1.29, 1.82) is 0 Å². The zero-order chi connectivity index (χ0) is 15.4. The first-order chi connectivity index (χ1) is 10.0. The second-order valence-corrected chi connectivity index (χ2v) is 6.44. The molecule has 21 heavy (non-hydrogen) atoms. The second kappa shape index (κ2) is 6.96. The molecule has 0 unspecified atom stereocenters. The molecule has 0 bridgehead atoms. The van der Waals surface area contributed by atoms with E-state index in [1.807, 2.05) is 19.1 Å². The molecule has 0 radical (unpaired) electrons. The number of nitrogens with zero attached hydrogens (tertiary/aromatic N) is 1. The van der Waals surface area contributed by atoms with Crippen molar-refractivity contribution in [3.63, 3.8) is 0 Å². The minimum Gasteiger partial charge on any atom is -0.372 e. The molecule has 0 aliphatic heterocycles. The van der Waals surface area contributed by atoms with Gasteiger partial charge in [-0.3, -0.25) is 4.79 Å². The van der Waals surface area contributed by atoms with E-state index in [4.69, 9.17) is 11.6 Å². The van der Waals surface area contributed by atoms with Gasteiger partial charge in [-0.25, -0.2) is 0 Å². The predicted octanol–water partition coefficient (Wildman–Crippen LogP) is 4.81. The molecule has 0 saturated carbocycles. The normalized spacial score (nSPS) is 10.5. The van der Waals surface area contributed by atoms with Gasteiger partial charge < -0.3 is 10.2 Å². The summed E-state index contributed by atoms with van der Waals surface area (Å²) >= 11 is 7.14. The highest BCUT2D eigenvalue weighted by Crippen LogP contribution is 2.25. The maximum Gasteiger partial charge on any atom is 0.265 e. The number of carbonyl (C=O) groups excluding carboxylic acids is 1. The largest absolute Gasteiger partial charge is 0.372 e. The number of thiophene rings is 1. The summed E-state index contributed by atoms with van der Waals surface area (Å²) in [5.41, 5.74) is 3.06. The van der Waals surface area contributed by atoms with Crippen molar-refractivity contribution in [3.8, 4) is 0 Å². The van der Waals surface area contributed by atoms with Crippen LogP contribution in [0.2, 0.25) is 4.34 Å². The Labute approximate surface area is 134 Å². The van der Waals surface area contributed by atoms with Crippen LogP contribution < -0.4 is 10.2 Å². The molecule has 1 heterocycles. The first-order valence-corrected chi connectivity index (χ1v) is 8.16. The molecule has 0 atom stereocenters. The third-order valence-electron chi connectivity index (χ3n) is 3.38. The van der Waals surface area contributed by atoms with E-state index in [0.717, 1.165) is 24.3 Å². The zero-order valence-corrected chi connectivity index (χ0v) is 14.0. The van der Waals surface area contributed by atoms with Gasteiger partial charge in [0.15, 0.2) is 0 Å². The molecule has 3 nitrogen and oxygen atoms in total. The number of hydrogen-bond acceptors (Lipinski definition) is 3. The van der Waals surface area contributed by atoms with Gasteiger partial charge in [0.2, 0.25) is 0 Å². The Morgan fingerprint density at radius 3 is 2.48 bits per heavy atom. The summed E-state index contributed by atoms with van der Waals surface area (Å²) in [6, 6.07) is 9.57. The topological polar surface area (TPSA) is 32.3 Å². The monoisotopic (exact) mass is 322 g/mol. The first-order valence-electron chi connectivity index (χ1n) is 6.97. The van der Waals surface area contributed by atoms with Crippen LogP contribution in [0.5, 0.6) is 0 Å². The molecule has 1 amide bonds. The van der Waals surface area contributed by atoms with Gasteiger partial charge >= 0.3 is 0 Å². The van der Waals surface area contributed by atoms with E-state index in [2.05, 4.69) is 30.1 Å². The average molecular weight is 323 g/mol. The van der Waals surface area contributed by atoms with Gasteiger partial charge in [0.1, 0.15) is 0 Å². The van der Waals surface area contributed by atoms with E-state index in [1.165, 1.54) is 17.0 Å². The van der Waals surface area contributed by atoms with Crippen LogP contribution in [-0.4, -0.2) is 19.0 Å². The molecule has 2 rings (SSSR count). The SMILES string of the molecule is CCN(CC)c1ccc(NC(=O)c2ccc(Cl)s2)c(C)c1. The highest BCUT2D eigenvalue weighted by Gasteiger charge is 2.11. The number of rotatable bonds is 5. The Bertz CT molecular complexity index is 635. The van der Waals surface area contributed by atoms with Crippen LogP contribution in [-0.2, 0) is 0 Å². The van der Waals surface area contributed by atoms with Gasteiger partial charge in [-0.05, 0) is 56.7 Å². The number of hydrogen-bond donors (Lipinski definition) is 1. The van der Waals surface area contributed by atoms with E-state index in [-0.39, 0.29) is 5.91 Å². The summed E-state index contributed by atoms with van der Waals surface area (Å²) in [5, 5.41) is 2.94. The molecule has 0 aliphatic carbocycles. The van der Waals surface area contributed by atoms with Crippen LogP contribution in [0, 0.1) is 6.92 Å². The molecule has 1 aromatic carbocycles. The lowest BCUT2D eigenvalue weighted by molar-refractivity contribution is 0.103. The minimum absolute atomic E-state index is 0.120. The maximum atomic E-state index is 12.1. The van der Waals surface area contributed by atoms with Crippen LogP contribution in [0.1, 0.15) is 29.1 Å². The van der Waals surface area contributed by atoms with Crippen LogP contribution >= 0.6 is 22.9 Å². The molecule has 112 valence electrons. The van der Waals surface area contributed by atoms with E-state index in [9.17, 15) is 4.79 Å². The van der Waals surface area contributed by atoms with Gasteiger partial charge in [0.05, 0.1) is 9.21 Å². The smallest absolute Gasteiger partial charge is 0.265 e. The highest BCUT2D eigenvalue weighted by molar-refractivity contribution is 7.18. The Kier molecular flexibility index (Phi) is 5.26. The number of benzene rings is 1. The number of carbonyl (C=O) groups is 1. The number of nitrogens with one attached hydrogen (secondary N) is 1. The molecule has 0 fully saturated rings. The lowest BCUT2D eigenvalue weighted by atomic mass is 10.1. The Morgan fingerprint density at radius 1 is 1.24 bits per heavy atom. The van der Waals surface area contributed by atoms with Crippen LogP contribution in [0.15, 0.2) is 30.3 Å². The zero-order valence-electron chi connectivity index (χ0n) is 12.4. The van der Waals surface area contributed by atoms with Crippen LogP contribution in [0.3, 0.4) is 0 Å². The first kappa shape index (κ1) is 15.9. The number of halogens is 1. The number of aryl methyl sites for hydroxylation is 1. The summed E-state index contributed by atoms with van der Waals surface area (Å²) in [7, 11) is 0. The maximum absolute atomic E-state index is 12.1. The lowest BCUT2D eigenvalue weighted by Crippen LogP contribution is -2.22. The van der Waals surface area contributed by atoms with Crippen molar-refractivity contribution >= 4 is 40.2 Å². The van der Waals surface area contributed by atoms with Crippen molar-refractivity contribution in [2.45, 2.75) is 20.8 Å². The fourth-order valence-corrected chi connectivity index (χ4v) is 3.13. The molecule has 0 spiro atoms. The molecular formula is C16H19ClN2OS. The summed E-state index contributed by atoms with van der Waals surface area (Å²) in [6.07, 6.45) is 0. The van der Waals surface area contributed by atoms with Crippen molar-refractivity contribution in [1.82, 2.24) is 0 Å². The molecule has 0 aliphatic rings. The third-order valence-corrected chi connectivity index (χ3v) is 4.61. The average Bonchev–Trinajstić information content (AvgIpc) is 2.90. The summed E-state index contributed by atoms with van der Waals surface area (Å²) in [4.78, 5) is 15.0. The Morgan fingerprint density at radius 2 is 1.95 bits per heavy atom. The van der Waals surface area contributed by atoms with E-state index in [1.54, 1.807) is 12.1 Å². The quantitative estimate of drug-likeness (QED) is 0.856. The standard InChI is InChI=1S/C16H19ClN2OS/c1-4-19(5-2)12-6-7-13(11(3)10-12)18-16(20)14-8-9-15(17)21-14/h6-10H,4-5H2,1-3H3,(H,18,20). The minimum atomic E-state index is -0.120. The fourth-order valence-electron chi connectivity index (χ4n) is 2.19. The predicted molar refractivity (Wildman–Crippen MR) is 92.0 cm³/mol. The molecule has 0 saturated heterocycles. The summed E-state index contributed by atoms with van der Waals surface area (Å²) in [6.45, 7) is 8.21. The summed E-state index contributed by atoms with van der Waals surface area (Å²) in [5.74, 6) is -0.120. The second-order valence-electron chi connectivity index (χ2n) is 4.73. The van der Waals surface area contributed by atoms with Crippen molar-refractivity contribution in [2.75, 3.05) is 23.3 Å². The fraction of sp³-hybridized carbons (Fsp3) is 0.312. The van der Waals surface area contributed by atoms with Crippen LogP contribution in [0.25, 0.3) is 0 Å². The van der Waals surface area contributed by atoms with E-state index >= 15 is 0 Å². The van der Waals surface area contributed by atoms with Crippen LogP contribution in [0.4, 0.5) is 11.4 Å². The third kappa shape index (κ3) is 3.77. The van der Waals surface area contributed by atoms with E-state index in [0.29, 0.717) is 9.21 Å². The lowest BCUT2D eigenvalue weighted by Gasteiger charge is -2.22. The molecule has 1 N–H and O–H groups in total. The Hall–Kier alpha value is -1.52. The van der Waals surface area contributed by atoms with Crippen molar-refractivity contribution in [3.05, 3.63) is 45.1 Å². The van der Waals surface area contributed by atoms with Gasteiger partial charge in [0.25, 0.3) is 5.91 Å². The van der Waals surface area contributed by atoms with Crippen molar-refractivity contribution in [2.24, 2.45) is 0 Å². The van der Waals surface area contributed by atoms with Crippen molar-refractivity contribution < 1.29 is 4.79 Å². The number of anilines is 2. The number of amides is 1. The van der Waals surface area contributed by atoms with Gasteiger partial charge in [0, 0.05) is 24.5 Å².